The van der Waals surface area contributed by atoms with Crippen LogP contribution in [0.15, 0.2) is 0 Å². The standard InChI is InChI=1S/C9H14ClN5O/c1-5-9(2,3-4-16-5)15-8-13-6(10)12-7(11)14-8/h5H,3-4H2,1-2H3,(H3,11,12,13,14,15). The molecule has 0 spiro atoms. The van der Waals surface area contributed by atoms with Gasteiger partial charge in [-0.25, -0.2) is 0 Å². The minimum atomic E-state index is -0.197. The van der Waals surface area contributed by atoms with Gasteiger partial charge < -0.3 is 15.8 Å². The number of nitrogens with zero attached hydrogens (tertiary/aromatic N) is 3. The van der Waals surface area contributed by atoms with E-state index in [0.717, 1.165) is 13.0 Å². The number of hydrogen-bond acceptors (Lipinski definition) is 6. The van der Waals surface area contributed by atoms with Gasteiger partial charge in [0.1, 0.15) is 0 Å². The van der Waals surface area contributed by atoms with Gasteiger partial charge in [-0.2, -0.15) is 15.0 Å². The minimum Gasteiger partial charge on any atom is -0.376 e. The zero-order valence-electron chi connectivity index (χ0n) is 9.20. The number of hydrogen-bond donors (Lipinski definition) is 2. The van der Waals surface area contributed by atoms with Crippen molar-refractivity contribution < 1.29 is 4.74 Å². The molecule has 6 nitrogen and oxygen atoms in total. The number of anilines is 2. The fraction of sp³-hybridized carbons (Fsp3) is 0.667. The molecule has 88 valence electrons. The average molecular weight is 244 g/mol. The fourth-order valence-electron chi connectivity index (χ4n) is 1.68. The van der Waals surface area contributed by atoms with Crippen LogP contribution in [0.2, 0.25) is 5.28 Å². The monoisotopic (exact) mass is 243 g/mol. The molecule has 3 N–H and O–H groups in total. The van der Waals surface area contributed by atoms with E-state index in [4.69, 9.17) is 22.1 Å². The number of ether oxygens (including phenoxy) is 1. The largest absolute Gasteiger partial charge is 0.376 e. The minimum absolute atomic E-state index is 0.0873. The summed E-state index contributed by atoms with van der Waals surface area (Å²) in [7, 11) is 0. The van der Waals surface area contributed by atoms with Crippen molar-refractivity contribution in [1.82, 2.24) is 15.0 Å². The highest BCUT2D eigenvalue weighted by Crippen LogP contribution is 2.28. The van der Waals surface area contributed by atoms with Crippen molar-refractivity contribution in [2.24, 2.45) is 0 Å². The Bertz CT molecular complexity index is 381. The fourth-order valence-corrected chi connectivity index (χ4v) is 1.84. The Morgan fingerprint density at radius 3 is 2.81 bits per heavy atom. The topological polar surface area (TPSA) is 86.0 Å². The van der Waals surface area contributed by atoms with E-state index in [1.807, 2.05) is 6.92 Å². The van der Waals surface area contributed by atoms with Gasteiger partial charge in [-0.1, -0.05) is 0 Å². The summed E-state index contributed by atoms with van der Waals surface area (Å²) in [5.74, 6) is 0.495. The van der Waals surface area contributed by atoms with Crippen molar-refractivity contribution in [2.75, 3.05) is 17.7 Å². The Labute approximate surface area is 98.6 Å². The molecule has 0 aliphatic carbocycles. The molecule has 1 aromatic heterocycles. The predicted molar refractivity (Wildman–Crippen MR) is 61.3 cm³/mol. The quantitative estimate of drug-likeness (QED) is 0.809. The molecule has 2 heterocycles. The molecule has 2 rings (SSSR count). The van der Waals surface area contributed by atoms with Gasteiger partial charge in [-0.05, 0) is 31.9 Å². The maximum atomic E-state index is 5.70. The SMILES string of the molecule is CC1OCCC1(C)Nc1nc(N)nc(Cl)n1. The summed E-state index contributed by atoms with van der Waals surface area (Å²) in [5, 5.41) is 3.29. The Kier molecular flexibility index (Phi) is 2.86. The van der Waals surface area contributed by atoms with Crippen LogP contribution in [0.4, 0.5) is 11.9 Å². The summed E-state index contributed by atoms with van der Waals surface area (Å²) in [6.07, 6.45) is 0.974. The number of rotatable bonds is 2. The summed E-state index contributed by atoms with van der Waals surface area (Å²) >= 11 is 5.70. The number of nitrogens with two attached hydrogens (primary N) is 1. The molecular weight excluding hydrogens is 230 g/mol. The lowest BCUT2D eigenvalue weighted by Gasteiger charge is -2.28. The molecule has 2 unspecified atom stereocenters. The van der Waals surface area contributed by atoms with E-state index in [1.165, 1.54) is 0 Å². The van der Waals surface area contributed by atoms with Gasteiger partial charge in [0.2, 0.25) is 17.2 Å². The van der Waals surface area contributed by atoms with Crippen LogP contribution in [0.5, 0.6) is 0 Å². The lowest BCUT2D eigenvalue weighted by atomic mass is 9.95. The molecule has 0 radical (unpaired) electrons. The highest BCUT2D eigenvalue weighted by atomic mass is 35.5. The number of aromatic nitrogens is 3. The van der Waals surface area contributed by atoms with Gasteiger partial charge in [-0.15, -0.1) is 0 Å². The van der Waals surface area contributed by atoms with Crippen LogP contribution in [-0.4, -0.2) is 33.2 Å². The molecule has 1 saturated heterocycles. The molecule has 16 heavy (non-hydrogen) atoms. The van der Waals surface area contributed by atoms with Crippen molar-refractivity contribution >= 4 is 23.5 Å². The van der Waals surface area contributed by atoms with Crippen LogP contribution in [-0.2, 0) is 4.74 Å². The van der Waals surface area contributed by atoms with E-state index in [0.29, 0.717) is 5.95 Å². The lowest BCUT2D eigenvalue weighted by Crippen LogP contribution is -2.41. The van der Waals surface area contributed by atoms with Crippen LogP contribution in [0.1, 0.15) is 20.3 Å². The first-order valence-corrected chi connectivity index (χ1v) is 5.44. The van der Waals surface area contributed by atoms with Crippen molar-refractivity contribution in [3.8, 4) is 0 Å². The van der Waals surface area contributed by atoms with Gasteiger partial charge >= 0.3 is 0 Å². The van der Waals surface area contributed by atoms with Crippen LogP contribution >= 0.6 is 11.6 Å². The molecule has 2 atom stereocenters. The van der Waals surface area contributed by atoms with Gasteiger partial charge in [0.25, 0.3) is 0 Å². The van der Waals surface area contributed by atoms with Crippen LogP contribution in [0, 0.1) is 0 Å². The number of halogens is 1. The average Bonchev–Trinajstić information content (AvgIpc) is 2.44. The molecule has 0 amide bonds. The van der Waals surface area contributed by atoms with Gasteiger partial charge in [-0.3, -0.25) is 0 Å². The molecule has 1 aromatic rings. The maximum absolute atomic E-state index is 5.70. The van der Waals surface area contributed by atoms with Crippen LogP contribution in [0.25, 0.3) is 0 Å². The van der Waals surface area contributed by atoms with E-state index in [2.05, 4.69) is 27.2 Å². The van der Waals surface area contributed by atoms with Crippen molar-refractivity contribution in [2.45, 2.75) is 31.9 Å². The molecule has 1 fully saturated rings. The Morgan fingerprint density at radius 1 is 1.50 bits per heavy atom. The van der Waals surface area contributed by atoms with E-state index in [9.17, 15) is 0 Å². The zero-order chi connectivity index (χ0) is 11.8. The first-order chi connectivity index (χ1) is 7.49. The molecule has 0 aromatic carbocycles. The predicted octanol–water partition coefficient (Wildman–Crippen LogP) is 1.09. The van der Waals surface area contributed by atoms with Crippen molar-refractivity contribution in [1.29, 1.82) is 0 Å². The van der Waals surface area contributed by atoms with Gasteiger partial charge in [0, 0.05) is 6.61 Å². The highest BCUT2D eigenvalue weighted by molar-refractivity contribution is 6.28. The van der Waals surface area contributed by atoms with Crippen LogP contribution in [0.3, 0.4) is 0 Å². The third kappa shape index (κ3) is 2.17. The molecular formula is C9H14ClN5O. The second kappa shape index (κ2) is 4.03. The van der Waals surface area contributed by atoms with E-state index >= 15 is 0 Å². The van der Waals surface area contributed by atoms with E-state index in [1.54, 1.807) is 0 Å². The first kappa shape index (κ1) is 11.3. The first-order valence-electron chi connectivity index (χ1n) is 5.06. The van der Waals surface area contributed by atoms with E-state index < -0.39 is 0 Å². The molecule has 7 heteroatoms. The highest BCUT2D eigenvalue weighted by Gasteiger charge is 2.37. The Balaban J connectivity index is 2.20. The van der Waals surface area contributed by atoms with Gasteiger partial charge in [0.15, 0.2) is 0 Å². The summed E-state index contributed by atoms with van der Waals surface area (Å²) in [5.41, 5.74) is 5.30. The van der Waals surface area contributed by atoms with Gasteiger partial charge in [0.05, 0.1) is 11.6 Å². The molecule has 0 saturated carbocycles. The van der Waals surface area contributed by atoms with Crippen molar-refractivity contribution in [3.05, 3.63) is 5.28 Å². The second-order valence-corrected chi connectivity index (χ2v) is 4.43. The van der Waals surface area contributed by atoms with E-state index in [-0.39, 0.29) is 22.9 Å². The smallest absolute Gasteiger partial charge is 0.229 e. The third-order valence-electron chi connectivity index (χ3n) is 2.91. The molecule has 1 aliphatic rings. The lowest BCUT2D eigenvalue weighted by molar-refractivity contribution is 0.105. The summed E-state index contributed by atoms with van der Waals surface area (Å²) in [6, 6.07) is 0. The Morgan fingerprint density at radius 2 is 2.25 bits per heavy atom. The third-order valence-corrected chi connectivity index (χ3v) is 3.08. The normalized spacial score (nSPS) is 29.3. The maximum Gasteiger partial charge on any atom is 0.229 e. The van der Waals surface area contributed by atoms with Crippen LogP contribution < -0.4 is 11.1 Å². The summed E-state index contributed by atoms with van der Waals surface area (Å²) < 4.78 is 5.50. The zero-order valence-corrected chi connectivity index (χ0v) is 9.95. The molecule has 1 aliphatic heterocycles. The van der Waals surface area contributed by atoms with Crippen molar-refractivity contribution in [3.63, 3.8) is 0 Å². The Hall–Kier alpha value is -1.14. The summed E-state index contributed by atoms with van der Waals surface area (Å²) in [6.45, 7) is 4.78. The number of nitrogens with one attached hydrogen (secondary N) is 1. The molecule has 0 bridgehead atoms. The summed E-state index contributed by atoms with van der Waals surface area (Å²) in [4.78, 5) is 11.7. The second-order valence-electron chi connectivity index (χ2n) is 4.09. The number of nitrogen functional groups attached to an aromatic ring is 1.